The van der Waals surface area contributed by atoms with Crippen molar-refractivity contribution in [2.75, 3.05) is 13.2 Å². The highest BCUT2D eigenvalue weighted by Gasteiger charge is 2.14. The summed E-state index contributed by atoms with van der Waals surface area (Å²) in [4.78, 5) is 8.69. The Kier molecular flexibility index (Phi) is 4.84. The van der Waals surface area contributed by atoms with E-state index < -0.39 is 0 Å². The van der Waals surface area contributed by atoms with Crippen LogP contribution in [0.25, 0.3) is 5.82 Å². The van der Waals surface area contributed by atoms with E-state index in [1.807, 2.05) is 42.1 Å². The number of nitrogens with one attached hydrogen (secondary N) is 1. The lowest BCUT2D eigenvalue weighted by molar-refractivity contribution is 0.296. The lowest BCUT2D eigenvalue weighted by Gasteiger charge is -2.13. The molecule has 0 aliphatic carbocycles. The molecule has 0 saturated carbocycles. The number of ether oxygens (including phenoxy) is 2. The van der Waals surface area contributed by atoms with Crippen LogP contribution in [0, 0.1) is 6.92 Å². The first-order valence-electron chi connectivity index (χ1n) is 8.85. The Morgan fingerprint density at radius 3 is 2.88 bits per heavy atom. The molecular weight excluding hydrogens is 328 g/mol. The Hall–Kier alpha value is -2.86. The molecule has 0 fully saturated rings. The quantitative estimate of drug-likeness (QED) is 0.766. The molecule has 1 aliphatic heterocycles. The van der Waals surface area contributed by atoms with Crippen LogP contribution in [0.2, 0.25) is 0 Å². The van der Waals surface area contributed by atoms with E-state index in [1.54, 1.807) is 6.20 Å². The fourth-order valence-corrected chi connectivity index (χ4v) is 3.06. The second kappa shape index (κ2) is 7.58. The predicted molar refractivity (Wildman–Crippen MR) is 98.7 cm³/mol. The maximum absolute atomic E-state index is 5.88. The Balaban J connectivity index is 1.44. The third-order valence-corrected chi connectivity index (χ3v) is 4.38. The van der Waals surface area contributed by atoms with Gasteiger partial charge in [0.1, 0.15) is 11.6 Å². The number of hydrogen-bond donors (Lipinski definition) is 1. The highest BCUT2D eigenvalue weighted by atomic mass is 16.5. The van der Waals surface area contributed by atoms with Gasteiger partial charge in [0.15, 0.2) is 11.5 Å². The van der Waals surface area contributed by atoms with E-state index in [9.17, 15) is 0 Å². The number of para-hydroxylation sites is 1. The summed E-state index contributed by atoms with van der Waals surface area (Å²) in [6.07, 6.45) is 6.45. The van der Waals surface area contributed by atoms with Gasteiger partial charge in [0.25, 0.3) is 0 Å². The zero-order valence-corrected chi connectivity index (χ0v) is 14.8. The summed E-state index contributed by atoms with van der Waals surface area (Å²) < 4.78 is 13.6. The number of benzene rings is 1. The van der Waals surface area contributed by atoms with Crippen LogP contribution in [0.1, 0.15) is 23.4 Å². The van der Waals surface area contributed by atoms with Crippen LogP contribution in [0.3, 0.4) is 0 Å². The molecule has 0 radical (unpaired) electrons. The molecule has 4 rings (SSSR count). The minimum atomic E-state index is 0.696. The number of aromatic nitrogens is 3. The van der Waals surface area contributed by atoms with Crippen molar-refractivity contribution in [3.63, 3.8) is 0 Å². The van der Waals surface area contributed by atoms with E-state index in [0.29, 0.717) is 19.8 Å². The second-order valence-electron chi connectivity index (χ2n) is 6.27. The van der Waals surface area contributed by atoms with Gasteiger partial charge in [0, 0.05) is 43.7 Å². The molecule has 1 N–H and O–H groups in total. The van der Waals surface area contributed by atoms with Crippen LogP contribution >= 0.6 is 0 Å². The molecule has 134 valence electrons. The fourth-order valence-electron chi connectivity index (χ4n) is 3.06. The number of fused-ring (bicyclic) bond motifs is 1. The molecule has 2 aromatic heterocycles. The van der Waals surface area contributed by atoms with Crippen molar-refractivity contribution in [3.05, 3.63) is 65.9 Å². The minimum absolute atomic E-state index is 0.696. The maximum Gasteiger partial charge on any atom is 0.165 e. The lowest BCUT2D eigenvalue weighted by atomic mass is 10.1. The first kappa shape index (κ1) is 16.6. The van der Waals surface area contributed by atoms with Gasteiger partial charge in [0.05, 0.1) is 13.2 Å². The Morgan fingerprint density at radius 1 is 1.08 bits per heavy atom. The molecule has 6 nitrogen and oxygen atoms in total. The van der Waals surface area contributed by atoms with E-state index in [0.717, 1.165) is 41.7 Å². The summed E-state index contributed by atoms with van der Waals surface area (Å²) >= 11 is 0. The average molecular weight is 350 g/mol. The van der Waals surface area contributed by atoms with Crippen LogP contribution in [0.15, 0.2) is 48.9 Å². The lowest BCUT2D eigenvalue weighted by Crippen LogP contribution is -2.14. The average Bonchev–Trinajstić information content (AvgIpc) is 2.94. The SMILES string of the molecule is Cc1nccn1-c1cc(CNCc2cccc3c2OCCCO3)ccn1. The van der Waals surface area contributed by atoms with Gasteiger partial charge in [-0.3, -0.25) is 4.57 Å². The van der Waals surface area contributed by atoms with Gasteiger partial charge in [0.2, 0.25) is 0 Å². The van der Waals surface area contributed by atoms with E-state index >= 15 is 0 Å². The van der Waals surface area contributed by atoms with Crippen LogP contribution in [-0.2, 0) is 13.1 Å². The molecule has 0 amide bonds. The fraction of sp³-hybridized carbons (Fsp3) is 0.300. The maximum atomic E-state index is 5.88. The van der Waals surface area contributed by atoms with Crippen molar-refractivity contribution in [1.82, 2.24) is 19.9 Å². The number of pyridine rings is 1. The zero-order valence-electron chi connectivity index (χ0n) is 14.8. The first-order chi connectivity index (χ1) is 12.8. The number of nitrogens with zero attached hydrogens (tertiary/aromatic N) is 3. The van der Waals surface area contributed by atoms with Crippen molar-refractivity contribution in [1.29, 1.82) is 0 Å². The van der Waals surface area contributed by atoms with Crippen LogP contribution < -0.4 is 14.8 Å². The molecule has 0 unspecified atom stereocenters. The van der Waals surface area contributed by atoms with E-state index in [-0.39, 0.29) is 0 Å². The smallest absolute Gasteiger partial charge is 0.165 e. The summed E-state index contributed by atoms with van der Waals surface area (Å²) in [6.45, 7) is 4.83. The molecule has 1 aromatic carbocycles. The molecule has 3 aromatic rings. The van der Waals surface area contributed by atoms with Crippen molar-refractivity contribution in [2.45, 2.75) is 26.4 Å². The Labute approximate surface area is 152 Å². The third-order valence-electron chi connectivity index (χ3n) is 4.38. The summed E-state index contributed by atoms with van der Waals surface area (Å²) in [6, 6.07) is 10.2. The second-order valence-corrected chi connectivity index (χ2v) is 6.27. The predicted octanol–water partition coefficient (Wildman–Crippen LogP) is 3.03. The minimum Gasteiger partial charge on any atom is -0.490 e. The molecule has 26 heavy (non-hydrogen) atoms. The zero-order chi connectivity index (χ0) is 17.8. The van der Waals surface area contributed by atoms with E-state index in [4.69, 9.17) is 9.47 Å². The monoisotopic (exact) mass is 350 g/mol. The molecule has 0 spiro atoms. The molecule has 3 heterocycles. The molecule has 0 saturated heterocycles. The van der Waals surface area contributed by atoms with Gasteiger partial charge in [-0.2, -0.15) is 0 Å². The van der Waals surface area contributed by atoms with E-state index in [1.165, 1.54) is 5.56 Å². The van der Waals surface area contributed by atoms with Crippen LogP contribution in [0.4, 0.5) is 0 Å². The van der Waals surface area contributed by atoms with Gasteiger partial charge in [-0.15, -0.1) is 0 Å². The molecule has 0 atom stereocenters. The molecule has 6 heteroatoms. The number of aryl methyl sites for hydroxylation is 1. The number of rotatable bonds is 5. The summed E-state index contributed by atoms with van der Waals surface area (Å²) in [7, 11) is 0. The van der Waals surface area contributed by atoms with Crippen molar-refractivity contribution in [2.24, 2.45) is 0 Å². The Bertz CT molecular complexity index is 891. The first-order valence-corrected chi connectivity index (χ1v) is 8.85. The molecule has 0 bridgehead atoms. The normalized spacial score (nSPS) is 13.4. The largest absolute Gasteiger partial charge is 0.490 e. The van der Waals surface area contributed by atoms with Gasteiger partial charge >= 0.3 is 0 Å². The van der Waals surface area contributed by atoms with Gasteiger partial charge in [-0.1, -0.05) is 12.1 Å². The highest BCUT2D eigenvalue weighted by Crippen LogP contribution is 2.33. The molecular formula is C20H22N4O2. The highest BCUT2D eigenvalue weighted by molar-refractivity contribution is 5.47. The van der Waals surface area contributed by atoms with Crippen molar-refractivity contribution < 1.29 is 9.47 Å². The van der Waals surface area contributed by atoms with Gasteiger partial charge in [-0.05, 0) is 30.7 Å². The van der Waals surface area contributed by atoms with Crippen LogP contribution in [-0.4, -0.2) is 27.7 Å². The van der Waals surface area contributed by atoms with E-state index in [2.05, 4.69) is 27.4 Å². The van der Waals surface area contributed by atoms with Gasteiger partial charge < -0.3 is 14.8 Å². The standard InChI is InChI=1S/C20H22N4O2/c1-15-22-8-9-24(15)19-12-16(6-7-23-19)13-21-14-17-4-2-5-18-20(17)26-11-3-10-25-18/h2,4-9,12,21H,3,10-11,13-14H2,1H3. The molecule has 1 aliphatic rings. The number of imidazole rings is 1. The van der Waals surface area contributed by atoms with Crippen molar-refractivity contribution in [3.8, 4) is 17.3 Å². The van der Waals surface area contributed by atoms with Gasteiger partial charge in [-0.25, -0.2) is 9.97 Å². The summed E-state index contributed by atoms with van der Waals surface area (Å²) in [5.74, 6) is 3.50. The number of hydrogen-bond acceptors (Lipinski definition) is 5. The topological polar surface area (TPSA) is 61.2 Å². The Morgan fingerprint density at radius 2 is 2.00 bits per heavy atom. The summed E-state index contributed by atoms with van der Waals surface area (Å²) in [5.41, 5.74) is 2.28. The summed E-state index contributed by atoms with van der Waals surface area (Å²) in [5, 5.41) is 3.49. The van der Waals surface area contributed by atoms with Crippen molar-refractivity contribution >= 4 is 0 Å². The van der Waals surface area contributed by atoms with Crippen LogP contribution in [0.5, 0.6) is 11.5 Å². The third kappa shape index (κ3) is 3.55.